The Balaban J connectivity index is 2.16. The van der Waals surface area contributed by atoms with Crippen molar-refractivity contribution in [3.8, 4) is 0 Å². The molecule has 0 heterocycles. The fraction of sp³-hybridized carbons (Fsp3) is 1.00. The Morgan fingerprint density at radius 2 is 1.78 bits per heavy atom. The minimum absolute atomic E-state index is 0.219. The summed E-state index contributed by atoms with van der Waals surface area (Å²) in [7, 11) is -2.85. The molecule has 0 spiro atoms. The molecule has 5 heteroatoms. The van der Waals surface area contributed by atoms with Gasteiger partial charge in [-0.3, -0.25) is 0 Å². The molecule has 0 unspecified atom stereocenters. The molecule has 2 N–H and O–H groups in total. The predicted octanol–water partition coefficient (Wildman–Crippen LogP) is 1.49. The highest BCUT2D eigenvalue weighted by Crippen LogP contribution is 2.26. The van der Waals surface area contributed by atoms with E-state index in [1.54, 1.807) is 6.92 Å². The Labute approximate surface area is 111 Å². The monoisotopic (exact) mass is 277 g/mol. The van der Waals surface area contributed by atoms with Crippen molar-refractivity contribution in [1.29, 1.82) is 0 Å². The highest BCUT2D eigenvalue weighted by molar-refractivity contribution is 7.91. The maximum absolute atomic E-state index is 11.3. The fourth-order valence-corrected chi connectivity index (χ4v) is 3.32. The number of aliphatic hydroxyl groups is 1. The van der Waals surface area contributed by atoms with Gasteiger partial charge in [-0.05, 0) is 25.8 Å². The van der Waals surface area contributed by atoms with Gasteiger partial charge in [-0.25, -0.2) is 8.42 Å². The Morgan fingerprint density at radius 3 is 2.33 bits per heavy atom. The second-order valence-corrected chi connectivity index (χ2v) is 7.88. The lowest BCUT2D eigenvalue weighted by Gasteiger charge is -2.26. The minimum atomic E-state index is -2.85. The summed E-state index contributed by atoms with van der Waals surface area (Å²) in [6.45, 7) is 2.94. The van der Waals surface area contributed by atoms with Gasteiger partial charge >= 0.3 is 0 Å². The number of sulfone groups is 1. The van der Waals surface area contributed by atoms with E-state index in [9.17, 15) is 13.5 Å². The zero-order valence-corrected chi connectivity index (χ0v) is 12.3. The van der Waals surface area contributed by atoms with Crippen LogP contribution in [0.4, 0.5) is 0 Å². The molecule has 0 radical (unpaired) electrons. The first-order valence-corrected chi connectivity index (χ1v) is 8.93. The van der Waals surface area contributed by atoms with Crippen molar-refractivity contribution < 1.29 is 13.5 Å². The van der Waals surface area contributed by atoms with Gasteiger partial charge in [0.1, 0.15) is 9.84 Å². The summed E-state index contributed by atoms with van der Waals surface area (Å²) in [5.41, 5.74) is -0.569. The summed E-state index contributed by atoms with van der Waals surface area (Å²) >= 11 is 0. The van der Waals surface area contributed by atoms with Crippen LogP contribution < -0.4 is 5.32 Å². The van der Waals surface area contributed by atoms with Crippen LogP contribution in [-0.4, -0.2) is 43.7 Å². The van der Waals surface area contributed by atoms with E-state index in [-0.39, 0.29) is 11.5 Å². The molecule has 1 aliphatic carbocycles. The molecule has 1 saturated carbocycles. The molecular formula is C13H27NO3S. The molecule has 1 rings (SSSR count). The van der Waals surface area contributed by atoms with E-state index in [0.717, 1.165) is 25.7 Å². The predicted molar refractivity (Wildman–Crippen MR) is 74.5 cm³/mol. The van der Waals surface area contributed by atoms with Gasteiger partial charge in [0.25, 0.3) is 0 Å². The quantitative estimate of drug-likeness (QED) is 0.546. The molecule has 18 heavy (non-hydrogen) atoms. The zero-order chi connectivity index (χ0) is 13.5. The van der Waals surface area contributed by atoms with Gasteiger partial charge in [-0.2, -0.15) is 0 Å². The summed E-state index contributed by atoms with van der Waals surface area (Å²) in [5, 5.41) is 13.6. The molecule has 0 aromatic rings. The second-order valence-electron chi connectivity index (χ2n) is 5.41. The van der Waals surface area contributed by atoms with Crippen LogP contribution in [0, 0.1) is 0 Å². The van der Waals surface area contributed by atoms with Crippen molar-refractivity contribution in [2.75, 3.05) is 24.6 Å². The van der Waals surface area contributed by atoms with Crippen molar-refractivity contribution >= 4 is 9.84 Å². The highest BCUT2D eigenvalue weighted by atomic mass is 32.2. The molecule has 4 nitrogen and oxygen atoms in total. The van der Waals surface area contributed by atoms with Crippen LogP contribution in [0.3, 0.4) is 0 Å². The number of hydrogen-bond acceptors (Lipinski definition) is 4. The van der Waals surface area contributed by atoms with E-state index in [1.165, 1.54) is 12.8 Å². The average Bonchev–Trinajstić information content (AvgIpc) is 2.54. The fourth-order valence-electron chi connectivity index (χ4n) is 2.45. The smallest absolute Gasteiger partial charge is 0.150 e. The lowest BCUT2D eigenvalue weighted by molar-refractivity contribution is 0.0255. The van der Waals surface area contributed by atoms with E-state index >= 15 is 0 Å². The van der Waals surface area contributed by atoms with Crippen molar-refractivity contribution in [2.45, 2.75) is 57.5 Å². The van der Waals surface area contributed by atoms with Crippen molar-refractivity contribution in [1.82, 2.24) is 5.32 Å². The highest BCUT2D eigenvalue weighted by Gasteiger charge is 2.27. The van der Waals surface area contributed by atoms with Gasteiger partial charge in [0, 0.05) is 12.3 Å². The molecule has 0 bridgehead atoms. The lowest BCUT2D eigenvalue weighted by atomic mass is 9.94. The van der Waals surface area contributed by atoms with Crippen molar-refractivity contribution in [3.63, 3.8) is 0 Å². The van der Waals surface area contributed by atoms with Gasteiger partial charge in [0.15, 0.2) is 0 Å². The van der Waals surface area contributed by atoms with Gasteiger partial charge in [-0.1, -0.05) is 32.6 Å². The van der Waals surface area contributed by atoms with Gasteiger partial charge < -0.3 is 10.4 Å². The lowest BCUT2D eigenvalue weighted by Crippen LogP contribution is -2.40. The Morgan fingerprint density at radius 1 is 1.17 bits per heavy atom. The molecule has 0 saturated heterocycles. The third-order valence-corrected chi connectivity index (χ3v) is 5.53. The minimum Gasteiger partial charge on any atom is -0.389 e. The maximum Gasteiger partial charge on any atom is 0.150 e. The number of rotatable bonds is 7. The van der Waals surface area contributed by atoms with E-state index < -0.39 is 15.4 Å². The molecule has 0 aromatic carbocycles. The summed E-state index contributed by atoms with van der Waals surface area (Å²) in [6, 6.07) is 0. The summed E-state index contributed by atoms with van der Waals surface area (Å²) in [5.74, 6) is 0.464. The van der Waals surface area contributed by atoms with Crippen LogP contribution in [-0.2, 0) is 9.84 Å². The topological polar surface area (TPSA) is 66.4 Å². The Bertz CT molecular complexity index is 319. The SMILES string of the molecule is CCS(=O)(=O)CCCNCC1(O)CCCCCC1. The molecule has 0 atom stereocenters. The molecule has 0 aliphatic heterocycles. The molecule has 0 aromatic heterocycles. The Hall–Kier alpha value is -0.130. The number of nitrogens with one attached hydrogen (secondary N) is 1. The molecular weight excluding hydrogens is 250 g/mol. The third kappa shape index (κ3) is 6.16. The van der Waals surface area contributed by atoms with Crippen LogP contribution in [0.5, 0.6) is 0 Å². The normalized spacial score (nSPS) is 20.6. The van der Waals surface area contributed by atoms with Crippen LogP contribution in [0.25, 0.3) is 0 Å². The molecule has 0 amide bonds. The van der Waals surface area contributed by atoms with E-state index in [0.29, 0.717) is 19.5 Å². The van der Waals surface area contributed by atoms with Gasteiger partial charge in [0.2, 0.25) is 0 Å². The average molecular weight is 277 g/mol. The first-order chi connectivity index (χ1) is 8.47. The summed E-state index contributed by atoms with van der Waals surface area (Å²) in [4.78, 5) is 0. The molecule has 108 valence electrons. The van der Waals surface area contributed by atoms with Crippen LogP contribution in [0.2, 0.25) is 0 Å². The third-order valence-electron chi connectivity index (χ3n) is 3.74. The zero-order valence-electron chi connectivity index (χ0n) is 11.5. The second kappa shape index (κ2) is 7.46. The molecule has 1 aliphatic rings. The first-order valence-electron chi connectivity index (χ1n) is 7.11. The van der Waals surface area contributed by atoms with Crippen LogP contribution >= 0.6 is 0 Å². The molecule has 1 fully saturated rings. The summed E-state index contributed by atoms with van der Waals surface area (Å²) in [6.07, 6.45) is 7.01. The Kier molecular flexibility index (Phi) is 6.60. The first kappa shape index (κ1) is 15.9. The van der Waals surface area contributed by atoms with Crippen LogP contribution in [0.15, 0.2) is 0 Å². The standard InChI is InChI=1S/C13H27NO3S/c1-2-18(16,17)11-7-10-14-12-13(15)8-5-3-4-6-9-13/h14-15H,2-12H2,1H3. The van der Waals surface area contributed by atoms with Gasteiger partial charge in [0.05, 0.1) is 11.4 Å². The van der Waals surface area contributed by atoms with Gasteiger partial charge in [-0.15, -0.1) is 0 Å². The van der Waals surface area contributed by atoms with E-state index in [2.05, 4.69) is 5.32 Å². The maximum atomic E-state index is 11.3. The van der Waals surface area contributed by atoms with E-state index in [1.807, 2.05) is 0 Å². The van der Waals surface area contributed by atoms with E-state index in [4.69, 9.17) is 0 Å². The summed E-state index contributed by atoms with van der Waals surface area (Å²) < 4.78 is 22.6. The van der Waals surface area contributed by atoms with Crippen molar-refractivity contribution in [2.24, 2.45) is 0 Å². The van der Waals surface area contributed by atoms with Crippen molar-refractivity contribution in [3.05, 3.63) is 0 Å². The van der Waals surface area contributed by atoms with Crippen LogP contribution in [0.1, 0.15) is 51.9 Å². The largest absolute Gasteiger partial charge is 0.389 e. The number of hydrogen-bond donors (Lipinski definition) is 2.